The van der Waals surface area contributed by atoms with Crippen molar-refractivity contribution in [3.63, 3.8) is 0 Å². The van der Waals surface area contributed by atoms with Crippen molar-refractivity contribution >= 4 is 0 Å². The number of phenols is 1. The van der Waals surface area contributed by atoms with Crippen LogP contribution in [0, 0.1) is 0 Å². The molecule has 0 amide bonds. The van der Waals surface area contributed by atoms with Gasteiger partial charge in [0, 0.05) is 18.2 Å². The predicted octanol–water partition coefficient (Wildman–Crippen LogP) is 1.73. The second-order valence-corrected chi connectivity index (χ2v) is 4.72. The van der Waals surface area contributed by atoms with Crippen LogP contribution in [0.25, 0.3) is 0 Å². The van der Waals surface area contributed by atoms with Crippen LogP contribution in [-0.2, 0) is 13.0 Å². The maximum absolute atomic E-state index is 9.71. The normalized spacial score (nSPS) is 13.1. The minimum absolute atomic E-state index is 0.228. The Morgan fingerprint density at radius 2 is 2.06 bits per heavy atom. The van der Waals surface area contributed by atoms with Crippen LogP contribution in [0.4, 0.5) is 0 Å². The molecule has 0 heterocycles. The fourth-order valence-corrected chi connectivity index (χ4v) is 1.66. The van der Waals surface area contributed by atoms with Gasteiger partial charge in [-0.1, -0.05) is 12.1 Å². The molecule has 3 N–H and O–H groups in total. The first-order valence-corrected chi connectivity index (χ1v) is 5.70. The second kappa shape index (κ2) is 5.87. The van der Waals surface area contributed by atoms with Crippen LogP contribution in [-0.4, -0.2) is 30.1 Å². The highest BCUT2D eigenvalue weighted by molar-refractivity contribution is 5.36. The number of nitrogens with two attached hydrogens (primary N) is 1. The van der Waals surface area contributed by atoms with Crippen LogP contribution in [0.2, 0.25) is 0 Å². The van der Waals surface area contributed by atoms with E-state index in [2.05, 4.69) is 6.07 Å². The molecule has 0 aliphatic carbocycles. The van der Waals surface area contributed by atoms with E-state index in [0.29, 0.717) is 5.75 Å². The maximum atomic E-state index is 9.71. The maximum Gasteiger partial charge on any atom is 0.120 e. The topological polar surface area (TPSA) is 49.5 Å². The van der Waals surface area contributed by atoms with Crippen LogP contribution >= 0.6 is 0 Å². The SMILES string of the molecule is CC(N)CCc1ccc(O)c(CN(C)C)c1. The first-order valence-electron chi connectivity index (χ1n) is 5.70. The quantitative estimate of drug-likeness (QED) is 0.797. The number of phenolic OH excluding ortho intramolecular Hbond substituents is 1. The zero-order valence-electron chi connectivity index (χ0n) is 10.4. The molecule has 3 heteroatoms. The van der Waals surface area contributed by atoms with Gasteiger partial charge in [-0.25, -0.2) is 0 Å². The second-order valence-electron chi connectivity index (χ2n) is 4.72. The standard InChI is InChI=1S/C13H22N2O/c1-10(14)4-5-11-6-7-13(16)12(8-11)9-15(2)3/h6-8,10,16H,4-5,9,14H2,1-3H3. The Labute approximate surface area is 97.9 Å². The molecular formula is C13H22N2O. The summed E-state index contributed by atoms with van der Waals surface area (Å²) in [6.45, 7) is 2.78. The number of hydrogen-bond donors (Lipinski definition) is 2. The van der Waals surface area contributed by atoms with Crippen molar-refractivity contribution in [3.8, 4) is 5.75 Å². The summed E-state index contributed by atoms with van der Waals surface area (Å²) in [6.07, 6.45) is 1.95. The van der Waals surface area contributed by atoms with E-state index in [1.54, 1.807) is 6.07 Å². The summed E-state index contributed by atoms with van der Waals surface area (Å²) < 4.78 is 0. The van der Waals surface area contributed by atoms with Crippen molar-refractivity contribution < 1.29 is 5.11 Å². The molecule has 1 unspecified atom stereocenters. The van der Waals surface area contributed by atoms with Crippen molar-refractivity contribution in [1.82, 2.24) is 4.90 Å². The van der Waals surface area contributed by atoms with Crippen molar-refractivity contribution in [2.24, 2.45) is 5.73 Å². The third-order valence-corrected chi connectivity index (χ3v) is 2.52. The van der Waals surface area contributed by atoms with Crippen molar-refractivity contribution in [3.05, 3.63) is 29.3 Å². The molecule has 0 aromatic heterocycles. The number of benzene rings is 1. The van der Waals surface area contributed by atoms with Gasteiger partial charge in [-0.15, -0.1) is 0 Å². The van der Waals surface area contributed by atoms with E-state index in [1.807, 2.05) is 32.0 Å². The summed E-state index contributed by atoms with van der Waals surface area (Å²) in [5.74, 6) is 0.373. The van der Waals surface area contributed by atoms with E-state index in [9.17, 15) is 5.11 Å². The molecule has 0 saturated heterocycles. The third kappa shape index (κ3) is 4.21. The van der Waals surface area contributed by atoms with Gasteiger partial charge in [0.15, 0.2) is 0 Å². The molecule has 90 valence electrons. The summed E-state index contributed by atoms with van der Waals surface area (Å²) in [7, 11) is 3.99. The lowest BCUT2D eigenvalue weighted by atomic mass is 10.0. The molecule has 1 aromatic carbocycles. The molecule has 0 saturated carbocycles. The molecule has 0 aliphatic rings. The van der Waals surface area contributed by atoms with E-state index in [1.165, 1.54) is 5.56 Å². The smallest absolute Gasteiger partial charge is 0.120 e. The minimum Gasteiger partial charge on any atom is -0.508 e. The Morgan fingerprint density at radius 3 is 2.62 bits per heavy atom. The van der Waals surface area contributed by atoms with Crippen LogP contribution in [0.3, 0.4) is 0 Å². The van der Waals surface area contributed by atoms with Gasteiger partial charge in [-0.3, -0.25) is 0 Å². The number of aromatic hydroxyl groups is 1. The zero-order valence-corrected chi connectivity index (χ0v) is 10.4. The van der Waals surface area contributed by atoms with Gasteiger partial charge < -0.3 is 15.7 Å². The Kier molecular flexibility index (Phi) is 4.77. The molecule has 0 radical (unpaired) electrons. The summed E-state index contributed by atoms with van der Waals surface area (Å²) in [6, 6.07) is 6.04. The van der Waals surface area contributed by atoms with E-state index in [4.69, 9.17) is 5.73 Å². The molecule has 0 bridgehead atoms. The lowest BCUT2D eigenvalue weighted by Crippen LogP contribution is -2.15. The fraction of sp³-hybridized carbons (Fsp3) is 0.538. The molecular weight excluding hydrogens is 200 g/mol. The first kappa shape index (κ1) is 13.0. The van der Waals surface area contributed by atoms with Crippen molar-refractivity contribution in [2.75, 3.05) is 14.1 Å². The molecule has 3 nitrogen and oxygen atoms in total. The lowest BCUT2D eigenvalue weighted by Gasteiger charge is -2.13. The summed E-state index contributed by atoms with van der Waals surface area (Å²) in [4.78, 5) is 2.05. The first-order chi connectivity index (χ1) is 7.49. The average molecular weight is 222 g/mol. The van der Waals surface area contributed by atoms with Gasteiger partial charge in [-0.2, -0.15) is 0 Å². The van der Waals surface area contributed by atoms with Gasteiger partial charge in [0.25, 0.3) is 0 Å². The van der Waals surface area contributed by atoms with Gasteiger partial charge >= 0.3 is 0 Å². The molecule has 0 spiro atoms. The summed E-state index contributed by atoms with van der Waals surface area (Å²) >= 11 is 0. The van der Waals surface area contributed by atoms with Gasteiger partial charge in [-0.05, 0) is 45.5 Å². The van der Waals surface area contributed by atoms with Gasteiger partial charge in [0.2, 0.25) is 0 Å². The summed E-state index contributed by atoms with van der Waals surface area (Å²) in [5.41, 5.74) is 7.95. The van der Waals surface area contributed by atoms with E-state index in [-0.39, 0.29) is 6.04 Å². The molecule has 0 fully saturated rings. The number of rotatable bonds is 5. The number of nitrogens with zero attached hydrogens (tertiary/aromatic N) is 1. The highest BCUT2D eigenvalue weighted by Crippen LogP contribution is 2.20. The van der Waals surface area contributed by atoms with Crippen molar-refractivity contribution in [2.45, 2.75) is 32.4 Å². The van der Waals surface area contributed by atoms with E-state index >= 15 is 0 Å². The Balaban J connectivity index is 2.73. The monoisotopic (exact) mass is 222 g/mol. The van der Waals surface area contributed by atoms with Gasteiger partial charge in [0.1, 0.15) is 5.75 Å². The van der Waals surface area contributed by atoms with Crippen LogP contribution in [0.5, 0.6) is 5.75 Å². The third-order valence-electron chi connectivity index (χ3n) is 2.52. The molecule has 1 aromatic rings. The molecule has 1 atom stereocenters. The van der Waals surface area contributed by atoms with Crippen molar-refractivity contribution in [1.29, 1.82) is 0 Å². The van der Waals surface area contributed by atoms with Crippen LogP contribution in [0.15, 0.2) is 18.2 Å². The average Bonchev–Trinajstić information content (AvgIpc) is 2.18. The van der Waals surface area contributed by atoms with E-state index in [0.717, 1.165) is 24.9 Å². The molecule has 16 heavy (non-hydrogen) atoms. The van der Waals surface area contributed by atoms with E-state index < -0.39 is 0 Å². The Morgan fingerprint density at radius 1 is 1.38 bits per heavy atom. The molecule has 1 rings (SSSR count). The number of aryl methyl sites for hydroxylation is 1. The Bertz CT molecular complexity index is 335. The zero-order chi connectivity index (χ0) is 12.1. The lowest BCUT2D eigenvalue weighted by molar-refractivity contribution is 0.385. The van der Waals surface area contributed by atoms with Crippen LogP contribution in [0.1, 0.15) is 24.5 Å². The highest BCUT2D eigenvalue weighted by Gasteiger charge is 2.05. The fourth-order valence-electron chi connectivity index (χ4n) is 1.66. The molecule has 0 aliphatic heterocycles. The Hall–Kier alpha value is -1.06. The largest absolute Gasteiger partial charge is 0.508 e. The van der Waals surface area contributed by atoms with Gasteiger partial charge in [0.05, 0.1) is 0 Å². The summed E-state index contributed by atoms with van der Waals surface area (Å²) in [5, 5.41) is 9.71. The number of hydrogen-bond acceptors (Lipinski definition) is 3. The van der Waals surface area contributed by atoms with Crippen LogP contribution < -0.4 is 5.73 Å². The highest BCUT2D eigenvalue weighted by atomic mass is 16.3. The predicted molar refractivity (Wildman–Crippen MR) is 67.5 cm³/mol. The minimum atomic E-state index is 0.228.